The van der Waals surface area contributed by atoms with Crippen LogP contribution in [0.2, 0.25) is 0 Å². The Morgan fingerprint density at radius 1 is 0.824 bits per heavy atom. The molecule has 17 heavy (non-hydrogen) atoms. The van der Waals surface area contributed by atoms with Gasteiger partial charge in [-0.3, -0.25) is 0 Å². The Morgan fingerprint density at radius 2 is 1.41 bits per heavy atom. The molecule has 1 aliphatic rings. The van der Waals surface area contributed by atoms with E-state index in [0.29, 0.717) is 0 Å². The molecule has 0 spiro atoms. The number of benzene rings is 1. The zero-order valence-electron chi connectivity index (χ0n) is 11.4. The quantitative estimate of drug-likeness (QED) is 0.572. The van der Waals surface area contributed by atoms with Crippen LogP contribution in [0.5, 0.6) is 0 Å². The first kappa shape index (κ1) is 12.0. The molecule has 0 N–H and O–H groups in total. The second kappa shape index (κ2) is 3.77. The molecule has 0 nitrogen and oxygen atoms in total. The van der Waals surface area contributed by atoms with Crippen molar-refractivity contribution in [1.29, 1.82) is 0 Å². The van der Waals surface area contributed by atoms with Gasteiger partial charge in [-0.1, -0.05) is 63.3 Å². The SMILES string of the molecule is CC1=C(C#Cc2ccccc2)C(C)(C)C1(C)C. The van der Waals surface area contributed by atoms with Crippen LogP contribution in [0.25, 0.3) is 0 Å². The minimum absolute atomic E-state index is 0.193. The van der Waals surface area contributed by atoms with Gasteiger partial charge in [0.15, 0.2) is 0 Å². The smallest absolute Gasteiger partial charge is 0.0248 e. The lowest BCUT2D eigenvalue weighted by Gasteiger charge is -2.53. The van der Waals surface area contributed by atoms with Crippen molar-refractivity contribution in [2.45, 2.75) is 34.6 Å². The van der Waals surface area contributed by atoms with Crippen LogP contribution in [-0.2, 0) is 0 Å². The van der Waals surface area contributed by atoms with Crippen LogP contribution in [0, 0.1) is 22.7 Å². The standard InChI is InChI=1S/C17H20/c1-13-15(17(4,5)16(13,2)3)12-11-14-9-7-6-8-10-14/h6-10H,1-5H3. The molecule has 1 aliphatic carbocycles. The van der Waals surface area contributed by atoms with Gasteiger partial charge in [-0.15, -0.1) is 0 Å². The van der Waals surface area contributed by atoms with E-state index in [1.165, 1.54) is 11.1 Å². The molecule has 1 aromatic carbocycles. The Kier molecular flexibility index (Phi) is 2.66. The van der Waals surface area contributed by atoms with Crippen LogP contribution >= 0.6 is 0 Å². The fraction of sp³-hybridized carbons (Fsp3) is 0.412. The maximum absolute atomic E-state index is 3.36. The molecule has 2 rings (SSSR count). The zero-order valence-corrected chi connectivity index (χ0v) is 11.4. The van der Waals surface area contributed by atoms with E-state index in [4.69, 9.17) is 0 Å². The molecule has 1 aromatic rings. The van der Waals surface area contributed by atoms with Crippen LogP contribution in [0.1, 0.15) is 40.2 Å². The van der Waals surface area contributed by atoms with Gasteiger partial charge in [-0.2, -0.15) is 0 Å². The topological polar surface area (TPSA) is 0 Å². The molecule has 0 atom stereocenters. The van der Waals surface area contributed by atoms with E-state index in [1.807, 2.05) is 18.2 Å². The summed E-state index contributed by atoms with van der Waals surface area (Å²) in [5.41, 5.74) is 4.30. The van der Waals surface area contributed by atoms with E-state index < -0.39 is 0 Å². The number of rotatable bonds is 0. The summed E-state index contributed by atoms with van der Waals surface area (Å²) in [7, 11) is 0. The van der Waals surface area contributed by atoms with E-state index in [-0.39, 0.29) is 10.8 Å². The van der Waals surface area contributed by atoms with Gasteiger partial charge in [0.2, 0.25) is 0 Å². The third-order valence-corrected chi connectivity index (χ3v) is 4.61. The summed E-state index contributed by atoms with van der Waals surface area (Å²) in [5, 5.41) is 0. The Bertz CT molecular complexity index is 516. The molecule has 0 aromatic heterocycles. The highest BCUT2D eigenvalue weighted by molar-refractivity contribution is 5.53. The minimum atomic E-state index is 0.193. The maximum Gasteiger partial charge on any atom is 0.0248 e. The van der Waals surface area contributed by atoms with E-state index in [2.05, 4.69) is 58.6 Å². The fourth-order valence-electron chi connectivity index (χ4n) is 2.41. The van der Waals surface area contributed by atoms with Crippen LogP contribution in [-0.4, -0.2) is 0 Å². The highest BCUT2D eigenvalue weighted by atomic mass is 14.5. The van der Waals surface area contributed by atoms with Crippen LogP contribution < -0.4 is 0 Å². The molecule has 88 valence electrons. The number of allylic oxidation sites excluding steroid dienone is 2. The lowest BCUT2D eigenvalue weighted by atomic mass is 9.50. The Morgan fingerprint density at radius 3 is 1.94 bits per heavy atom. The third-order valence-electron chi connectivity index (χ3n) is 4.61. The van der Waals surface area contributed by atoms with Crippen LogP contribution in [0.4, 0.5) is 0 Å². The average Bonchev–Trinajstić information content (AvgIpc) is 2.29. The molecule has 0 heteroatoms. The summed E-state index contributed by atoms with van der Waals surface area (Å²) < 4.78 is 0. The fourth-order valence-corrected chi connectivity index (χ4v) is 2.41. The minimum Gasteiger partial charge on any atom is -0.0655 e. The van der Waals surface area contributed by atoms with Gasteiger partial charge in [-0.05, 0) is 24.5 Å². The van der Waals surface area contributed by atoms with Crippen molar-refractivity contribution in [3.8, 4) is 11.8 Å². The second-order valence-electron chi connectivity index (χ2n) is 5.87. The Labute approximate surface area is 105 Å². The average molecular weight is 224 g/mol. The van der Waals surface area contributed by atoms with E-state index >= 15 is 0 Å². The number of hydrogen-bond acceptors (Lipinski definition) is 0. The summed E-state index contributed by atoms with van der Waals surface area (Å²) in [5.74, 6) is 6.62. The molecule has 0 heterocycles. The molecule has 0 unspecified atom stereocenters. The Hall–Kier alpha value is -1.48. The van der Waals surface area contributed by atoms with Gasteiger partial charge >= 0.3 is 0 Å². The van der Waals surface area contributed by atoms with Crippen molar-refractivity contribution in [2.24, 2.45) is 10.8 Å². The highest BCUT2D eigenvalue weighted by Crippen LogP contribution is 2.59. The van der Waals surface area contributed by atoms with Crippen molar-refractivity contribution in [3.63, 3.8) is 0 Å². The zero-order chi connectivity index (χ0) is 12.7. The highest BCUT2D eigenvalue weighted by Gasteiger charge is 2.50. The summed E-state index contributed by atoms with van der Waals surface area (Å²) >= 11 is 0. The molecular weight excluding hydrogens is 204 g/mol. The van der Waals surface area contributed by atoms with E-state index in [0.717, 1.165) is 5.56 Å². The van der Waals surface area contributed by atoms with Gasteiger partial charge < -0.3 is 0 Å². The van der Waals surface area contributed by atoms with Gasteiger partial charge in [0, 0.05) is 16.6 Å². The van der Waals surface area contributed by atoms with Gasteiger partial charge in [0.1, 0.15) is 0 Å². The predicted octanol–water partition coefficient (Wildman–Crippen LogP) is 4.42. The van der Waals surface area contributed by atoms with Crippen LogP contribution in [0.15, 0.2) is 41.5 Å². The molecule has 0 saturated carbocycles. The van der Waals surface area contributed by atoms with Gasteiger partial charge in [0.05, 0.1) is 0 Å². The normalized spacial score (nSPS) is 20.3. The lowest BCUT2D eigenvalue weighted by Crippen LogP contribution is -2.45. The van der Waals surface area contributed by atoms with E-state index in [9.17, 15) is 0 Å². The number of hydrogen-bond donors (Lipinski definition) is 0. The van der Waals surface area contributed by atoms with Crippen molar-refractivity contribution < 1.29 is 0 Å². The van der Waals surface area contributed by atoms with Crippen LogP contribution in [0.3, 0.4) is 0 Å². The molecule has 0 amide bonds. The molecule has 0 fully saturated rings. The van der Waals surface area contributed by atoms with Gasteiger partial charge in [-0.25, -0.2) is 0 Å². The van der Waals surface area contributed by atoms with Crippen molar-refractivity contribution >= 4 is 0 Å². The maximum atomic E-state index is 3.36. The molecule has 0 bridgehead atoms. The summed E-state index contributed by atoms with van der Waals surface area (Å²) in [6.45, 7) is 11.4. The van der Waals surface area contributed by atoms with Crippen molar-refractivity contribution in [1.82, 2.24) is 0 Å². The molecule has 0 aliphatic heterocycles. The summed E-state index contributed by atoms with van der Waals surface area (Å²) in [6.07, 6.45) is 0. The first-order chi connectivity index (χ1) is 7.87. The second-order valence-corrected chi connectivity index (χ2v) is 5.87. The van der Waals surface area contributed by atoms with E-state index in [1.54, 1.807) is 0 Å². The lowest BCUT2D eigenvalue weighted by molar-refractivity contribution is 0.151. The monoisotopic (exact) mass is 224 g/mol. The predicted molar refractivity (Wildman–Crippen MR) is 73.6 cm³/mol. The summed E-state index contributed by atoms with van der Waals surface area (Å²) in [6, 6.07) is 10.2. The summed E-state index contributed by atoms with van der Waals surface area (Å²) in [4.78, 5) is 0. The molecular formula is C17H20. The van der Waals surface area contributed by atoms with Crippen molar-refractivity contribution in [3.05, 3.63) is 47.0 Å². The first-order valence-electron chi connectivity index (χ1n) is 6.16. The van der Waals surface area contributed by atoms with Crippen molar-refractivity contribution in [2.75, 3.05) is 0 Å². The molecule has 0 radical (unpaired) electrons. The third kappa shape index (κ3) is 1.71. The first-order valence-corrected chi connectivity index (χ1v) is 6.16. The van der Waals surface area contributed by atoms with Gasteiger partial charge in [0.25, 0.3) is 0 Å². The largest absolute Gasteiger partial charge is 0.0655 e. The Balaban J connectivity index is 2.35. The molecule has 0 saturated heterocycles.